The lowest BCUT2D eigenvalue weighted by Crippen LogP contribution is -2.58. The van der Waals surface area contributed by atoms with Crippen molar-refractivity contribution in [2.75, 3.05) is 20.1 Å². The molecule has 41 heavy (non-hydrogen) atoms. The van der Waals surface area contributed by atoms with Gasteiger partial charge in [0.15, 0.2) is 0 Å². The van der Waals surface area contributed by atoms with Crippen LogP contribution in [0.1, 0.15) is 49.5 Å². The van der Waals surface area contributed by atoms with Crippen LogP contribution in [-0.2, 0) is 25.6 Å². The molecule has 3 rings (SSSR count). The summed E-state index contributed by atoms with van der Waals surface area (Å²) in [7, 11) is 2.01. The first-order valence-corrected chi connectivity index (χ1v) is 14.1. The molecule has 2 aromatic carbocycles. The SMILES string of the molecule is CC(C)[C@H](NC(=O)[C@H](C)NC(=O)[C@H](Cc1ccccc1)NC(=O)c1ccccc1)C(=O)C(=O)NC1CCN(C)CC1. The minimum atomic E-state index is -1.05. The van der Waals surface area contributed by atoms with Gasteiger partial charge < -0.3 is 26.2 Å². The number of nitrogens with one attached hydrogen (secondary N) is 4. The predicted octanol–water partition coefficient (Wildman–Crippen LogP) is 1.45. The molecule has 0 radical (unpaired) electrons. The highest BCUT2D eigenvalue weighted by atomic mass is 16.2. The Labute approximate surface area is 241 Å². The fourth-order valence-electron chi connectivity index (χ4n) is 4.63. The van der Waals surface area contributed by atoms with E-state index in [9.17, 15) is 24.0 Å². The van der Waals surface area contributed by atoms with Crippen LogP contribution in [-0.4, -0.2) is 78.6 Å². The van der Waals surface area contributed by atoms with E-state index < -0.39 is 47.5 Å². The molecule has 4 N–H and O–H groups in total. The molecule has 1 aliphatic rings. The number of rotatable bonds is 12. The number of likely N-dealkylation sites (tertiary alicyclic amines) is 1. The van der Waals surface area contributed by atoms with E-state index in [0.29, 0.717) is 5.56 Å². The number of piperidine rings is 1. The monoisotopic (exact) mass is 563 g/mol. The Kier molecular flexibility index (Phi) is 11.6. The molecule has 0 aromatic heterocycles. The van der Waals surface area contributed by atoms with E-state index >= 15 is 0 Å². The number of nitrogens with zero attached hydrogens (tertiary/aromatic N) is 1. The highest BCUT2D eigenvalue weighted by Gasteiger charge is 2.33. The van der Waals surface area contributed by atoms with Crippen LogP contribution in [0.4, 0.5) is 0 Å². The fourth-order valence-corrected chi connectivity index (χ4v) is 4.63. The lowest BCUT2D eigenvalue weighted by molar-refractivity contribution is -0.141. The second-order valence-electron chi connectivity index (χ2n) is 11.0. The molecule has 10 heteroatoms. The van der Waals surface area contributed by atoms with Gasteiger partial charge in [0.2, 0.25) is 17.6 Å². The van der Waals surface area contributed by atoms with Gasteiger partial charge in [0.25, 0.3) is 11.8 Å². The van der Waals surface area contributed by atoms with Crippen LogP contribution in [0, 0.1) is 5.92 Å². The highest BCUT2D eigenvalue weighted by molar-refractivity contribution is 6.38. The van der Waals surface area contributed by atoms with Crippen LogP contribution < -0.4 is 21.3 Å². The van der Waals surface area contributed by atoms with Gasteiger partial charge in [-0.15, -0.1) is 0 Å². The Balaban J connectivity index is 1.63. The highest BCUT2D eigenvalue weighted by Crippen LogP contribution is 2.10. The Morgan fingerprint density at radius 3 is 1.98 bits per heavy atom. The summed E-state index contributed by atoms with van der Waals surface area (Å²) < 4.78 is 0. The molecule has 1 heterocycles. The van der Waals surface area contributed by atoms with E-state index in [0.717, 1.165) is 31.5 Å². The minimum Gasteiger partial charge on any atom is -0.347 e. The summed E-state index contributed by atoms with van der Waals surface area (Å²) >= 11 is 0. The standard InChI is InChI=1S/C31H41N5O5/c1-20(2)26(27(37)31(41)33-24-15-17-36(4)18-16-24)35-28(38)21(3)32-30(40)25(19-22-11-7-5-8-12-22)34-29(39)23-13-9-6-10-14-23/h5-14,20-21,24-26H,15-19H2,1-4H3,(H,32,40)(H,33,41)(H,34,39)(H,35,38)/t21-,25-,26-/m0/s1. The summed E-state index contributed by atoms with van der Waals surface area (Å²) in [4.78, 5) is 67.1. The largest absolute Gasteiger partial charge is 0.347 e. The van der Waals surface area contributed by atoms with Crippen molar-refractivity contribution in [3.05, 3.63) is 71.8 Å². The van der Waals surface area contributed by atoms with Gasteiger partial charge >= 0.3 is 0 Å². The molecule has 0 aliphatic carbocycles. The first-order chi connectivity index (χ1) is 19.5. The third-order valence-electron chi connectivity index (χ3n) is 7.22. The molecule has 1 aliphatic heterocycles. The van der Waals surface area contributed by atoms with Crippen LogP contribution in [0.15, 0.2) is 60.7 Å². The van der Waals surface area contributed by atoms with Crippen molar-refractivity contribution in [3.8, 4) is 0 Å². The molecule has 0 saturated carbocycles. The van der Waals surface area contributed by atoms with Gasteiger partial charge in [-0.25, -0.2) is 0 Å². The molecule has 10 nitrogen and oxygen atoms in total. The van der Waals surface area contributed by atoms with Gasteiger partial charge in [-0.05, 0) is 63.5 Å². The fraction of sp³-hybridized carbons (Fsp3) is 0.452. The first kappa shape index (κ1) is 31.5. The maximum atomic E-state index is 13.3. The second-order valence-corrected chi connectivity index (χ2v) is 11.0. The molecule has 0 unspecified atom stereocenters. The summed E-state index contributed by atoms with van der Waals surface area (Å²) in [6, 6.07) is 14.7. The number of hydrogen-bond acceptors (Lipinski definition) is 6. The van der Waals surface area contributed by atoms with E-state index in [4.69, 9.17) is 0 Å². The van der Waals surface area contributed by atoms with Crippen molar-refractivity contribution in [1.82, 2.24) is 26.2 Å². The lowest BCUT2D eigenvalue weighted by Gasteiger charge is -2.30. The average molecular weight is 564 g/mol. The van der Waals surface area contributed by atoms with Crippen LogP contribution in [0.3, 0.4) is 0 Å². The van der Waals surface area contributed by atoms with Crippen LogP contribution in [0.2, 0.25) is 0 Å². The van der Waals surface area contributed by atoms with E-state index in [1.807, 2.05) is 37.4 Å². The number of amides is 4. The van der Waals surface area contributed by atoms with Crippen LogP contribution >= 0.6 is 0 Å². The smallest absolute Gasteiger partial charge is 0.289 e. The molecule has 2 aromatic rings. The molecule has 0 bridgehead atoms. The molecule has 220 valence electrons. The molecule has 1 fully saturated rings. The molecule has 4 amide bonds. The van der Waals surface area contributed by atoms with Crippen molar-refractivity contribution >= 4 is 29.4 Å². The van der Waals surface area contributed by atoms with Gasteiger partial charge in [0, 0.05) is 18.0 Å². The number of ketones is 1. The predicted molar refractivity (Wildman–Crippen MR) is 156 cm³/mol. The normalized spacial score (nSPS) is 16.2. The van der Waals surface area contributed by atoms with Crippen LogP contribution in [0.5, 0.6) is 0 Å². The Hall–Kier alpha value is -4.05. The lowest BCUT2D eigenvalue weighted by atomic mass is 9.97. The van der Waals surface area contributed by atoms with Crippen molar-refractivity contribution in [3.63, 3.8) is 0 Å². The van der Waals surface area contributed by atoms with Crippen molar-refractivity contribution in [2.24, 2.45) is 5.92 Å². The molecular weight excluding hydrogens is 522 g/mol. The average Bonchev–Trinajstić information content (AvgIpc) is 2.96. The van der Waals surface area contributed by atoms with E-state index in [2.05, 4.69) is 26.2 Å². The van der Waals surface area contributed by atoms with E-state index in [-0.39, 0.29) is 18.4 Å². The first-order valence-electron chi connectivity index (χ1n) is 14.1. The van der Waals surface area contributed by atoms with Crippen molar-refractivity contribution in [1.29, 1.82) is 0 Å². The third-order valence-corrected chi connectivity index (χ3v) is 7.22. The Morgan fingerprint density at radius 1 is 0.805 bits per heavy atom. The van der Waals surface area contributed by atoms with Gasteiger partial charge in [0.05, 0.1) is 6.04 Å². The minimum absolute atomic E-state index is 0.0861. The van der Waals surface area contributed by atoms with Crippen molar-refractivity contribution < 1.29 is 24.0 Å². The second kappa shape index (κ2) is 15.1. The number of benzene rings is 2. The summed E-state index contributed by atoms with van der Waals surface area (Å²) in [6.07, 6.45) is 1.72. The van der Waals surface area contributed by atoms with Gasteiger partial charge in [0.1, 0.15) is 12.1 Å². The zero-order valence-corrected chi connectivity index (χ0v) is 24.2. The third kappa shape index (κ3) is 9.53. The Bertz CT molecular complexity index is 1200. The summed E-state index contributed by atoms with van der Waals surface area (Å²) in [6.45, 7) is 6.63. The zero-order chi connectivity index (χ0) is 29.9. The van der Waals surface area contributed by atoms with Gasteiger partial charge in [-0.3, -0.25) is 24.0 Å². The number of carbonyl (C=O) groups excluding carboxylic acids is 5. The Morgan fingerprint density at radius 2 is 1.39 bits per heavy atom. The zero-order valence-electron chi connectivity index (χ0n) is 24.2. The van der Waals surface area contributed by atoms with Gasteiger partial charge in [-0.1, -0.05) is 62.4 Å². The number of carbonyl (C=O) groups is 5. The van der Waals surface area contributed by atoms with Crippen LogP contribution in [0.25, 0.3) is 0 Å². The molecule has 0 spiro atoms. The maximum Gasteiger partial charge on any atom is 0.289 e. The number of hydrogen-bond donors (Lipinski definition) is 4. The summed E-state index contributed by atoms with van der Waals surface area (Å²) in [5.74, 6) is -3.36. The van der Waals surface area contributed by atoms with Crippen molar-refractivity contribution in [2.45, 2.75) is 64.2 Å². The summed E-state index contributed by atoms with van der Waals surface area (Å²) in [5.41, 5.74) is 1.24. The number of Topliss-reactive ketones (excluding diaryl/α,β-unsaturated/α-hetero) is 1. The van der Waals surface area contributed by atoms with E-state index in [1.54, 1.807) is 44.2 Å². The topological polar surface area (TPSA) is 137 Å². The van der Waals surface area contributed by atoms with Gasteiger partial charge in [-0.2, -0.15) is 0 Å². The quantitative estimate of drug-likeness (QED) is 0.289. The summed E-state index contributed by atoms with van der Waals surface area (Å²) in [5, 5.41) is 10.9. The van der Waals surface area contributed by atoms with E-state index in [1.165, 1.54) is 6.92 Å². The molecular formula is C31H41N5O5. The molecule has 1 saturated heterocycles. The maximum absolute atomic E-state index is 13.3. The molecule has 3 atom stereocenters.